The fraction of sp³-hybridized carbons (Fsp3) is 0.467. The lowest BCUT2D eigenvalue weighted by Crippen LogP contribution is -2.43. The van der Waals surface area contributed by atoms with Crippen LogP contribution in [0.1, 0.15) is 26.7 Å². The van der Waals surface area contributed by atoms with Crippen LogP contribution in [0.25, 0.3) is 0 Å². The largest absolute Gasteiger partial charge is 0.451 e. The van der Waals surface area contributed by atoms with Gasteiger partial charge in [-0.15, -0.1) is 0 Å². The van der Waals surface area contributed by atoms with E-state index in [4.69, 9.17) is 4.74 Å². The Morgan fingerprint density at radius 3 is 2.33 bits per heavy atom. The molecule has 1 aliphatic carbocycles. The van der Waals surface area contributed by atoms with Crippen LogP contribution in [0.2, 0.25) is 0 Å². The highest BCUT2D eigenvalue weighted by atomic mass is 32.2. The van der Waals surface area contributed by atoms with Crippen LogP contribution in [-0.4, -0.2) is 38.5 Å². The zero-order valence-electron chi connectivity index (χ0n) is 13.3. The van der Waals surface area contributed by atoms with Gasteiger partial charge in [-0.1, -0.05) is 0 Å². The predicted molar refractivity (Wildman–Crippen MR) is 82.9 cm³/mol. The van der Waals surface area contributed by atoms with Gasteiger partial charge < -0.3 is 10.1 Å². The molecule has 0 unspecified atom stereocenters. The molecule has 0 saturated heterocycles. The number of nitrogens with one attached hydrogen (secondary N) is 2. The van der Waals surface area contributed by atoms with Crippen molar-refractivity contribution in [2.45, 2.75) is 49.8 Å². The van der Waals surface area contributed by atoms with Gasteiger partial charge in [-0.2, -0.15) is 4.72 Å². The van der Waals surface area contributed by atoms with Gasteiger partial charge in [0.1, 0.15) is 11.9 Å². The molecule has 1 saturated carbocycles. The number of hydrogen-bond acceptors (Lipinski definition) is 5. The zero-order valence-corrected chi connectivity index (χ0v) is 14.1. The third-order valence-electron chi connectivity index (χ3n) is 3.40. The quantitative estimate of drug-likeness (QED) is 0.699. The summed E-state index contributed by atoms with van der Waals surface area (Å²) in [5.41, 5.74) is 0. The van der Waals surface area contributed by atoms with Crippen LogP contribution in [0, 0.1) is 5.82 Å². The van der Waals surface area contributed by atoms with Crippen molar-refractivity contribution in [3.8, 4) is 0 Å². The maximum Gasteiger partial charge on any atom is 0.324 e. The van der Waals surface area contributed by atoms with Crippen molar-refractivity contribution in [3.63, 3.8) is 0 Å². The van der Waals surface area contributed by atoms with Crippen LogP contribution in [0.3, 0.4) is 0 Å². The van der Waals surface area contributed by atoms with Gasteiger partial charge in [-0.3, -0.25) is 9.59 Å². The predicted octanol–water partition coefficient (Wildman–Crippen LogP) is 0.703. The summed E-state index contributed by atoms with van der Waals surface area (Å²) in [6.07, 6.45) is 0.788. The lowest BCUT2D eigenvalue weighted by atomic mass is 10.3. The Hall–Kier alpha value is -2.00. The Balaban J connectivity index is 1.92. The number of carbonyl (C=O) groups is 2. The molecule has 1 amide bonds. The van der Waals surface area contributed by atoms with Gasteiger partial charge in [0, 0.05) is 6.04 Å². The van der Waals surface area contributed by atoms with Gasteiger partial charge in [-0.25, -0.2) is 12.8 Å². The van der Waals surface area contributed by atoms with Crippen molar-refractivity contribution in [1.82, 2.24) is 10.0 Å². The molecule has 132 valence electrons. The number of amides is 1. The van der Waals surface area contributed by atoms with Crippen molar-refractivity contribution in [1.29, 1.82) is 0 Å². The van der Waals surface area contributed by atoms with E-state index in [0.717, 1.165) is 37.1 Å². The first kappa shape index (κ1) is 18.3. The first-order valence-electron chi connectivity index (χ1n) is 7.48. The zero-order chi connectivity index (χ0) is 17.9. The summed E-state index contributed by atoms with van der Waals surface area (Å²) >= 11 is 0. The van der Waals surface area contributed by atoms with Gasteiger partial charge in [0.2, 0.25) is 10.0 Å². The van der Waals surface area contributed by atoms with Crippen LogP contribution < -0.4 is 10.0 Å². The van der Waals surface area contributed by atoms with Crippen molar-refractivity contribution in [3.05, 3.63) is 30.1 Å². The van der Waals surface area contributed by atoms with Gasteiger partial charge in [0.15, 0.2) is 6.10 Å². The number of halogens is 1. The van der Waals surface area contributed by atoms with Gasteiger partial charge in [0.05, 0.1) is 4.90 Å². The molecule has 0 heterocycles. The van der Waals surface area contributed by atoms with Crippen molar-refractivity contribution in [2.75, 3.05) is 0 Å². The molecule has 0 bridgehead atoms. The highest BCUT2D eigenvalue weighted by molar-refractivity contribution is 7.89. The minimum atomic E-state index is -4.00. The molecule has 1 aliphatic rings. The van der Waals surface area contributed by atoms with Crippen molar-refractivity contribution in [2.24, 2.45) is 0 Å². The molecule has 1 fully saturated rings. The number of carbonyl (C=O) groups excluding carboxylic acids is 2. The van der Waals surface area contributed by atoms with E-state index in [1.54, 1.807) is 0 Å². The van der Waals surface area contributed by atoms with E-state index in [0.29, 0.717) is 0 Å². The maximum atomic E-state index is 12.9. The Kier molecular flexibility index (Phi) is 5.55. The standard InChI is InChI=1S/C15H19FN2O5S/c1-9(15(20)23-10(2)14(19)17-12-5-6-12)18-24(21,22)13-7-3-11(16)4-8-13/h3-4,7-10,12,18H,5-6H2,1-2H3,(H,17,19)/t9-,10+/m0/s1. The number of ether oxygens (including phenoxy) is 1. The first-order valence-corrected chi connectivity index (χ1v) is 8.96. The summed E-state index contributed by atoms with van der Waals surface area (Å²) in [4.78, 5) is 23.5. The Morgan fingerprint density at radius 1 is 1.21 bits per heavy atom. The number of rotatable bonds is 7. The molecule has 7 nitrogen and oxygen atoms in total. The average molecular weight is 358 g/mol. The molecular weight excluding hydrogens is 339 g/mol. The maximum absolute atomic E-state index is 12.9. The number of esters is 1. The van der Waals surface area contributed by atoms with E-state index in [1.807, 2.05) is 0 Å². The Bertz CT molecular complexity index is 716. The SMILES string of the molecule is C[C@H](NS(=O)(=O)c1ccc(F)cc1)C(=O)O[C@H](C)C(=O)NC1CC1. The molecule has 1 aromatic rings. The lowest BCUT2D eigenvalue weighted by molar-refractivity contribution is -0.156. The van der Waals surface area contributed by atoms with E-state index in [2.05, 4.69) is 10.0 Å². The second-order valence-electron chi connectivity index (χ2n) is 5.66. The highest BCUT2D eigenvalue weighted by Crippen LogP contribution is 2.19. The fourth-order valence-corrected chi connectivity index (χ4v) is 3.03. The van der Waals surface area contributed by atoms with E-state index in [1.165, 1.54) is 13.8 Å². The second-order valence-corrected chi connectivity index (χ2v) is 7.37. The van der Waals surface area contributed by atoms with Gasteiger partial charge in [-0.05, 0) is 51.0 Å². The molecule has 2 N–H and O–H groups in total. The first-order chi connectivity index (χ1) is 11.2. The van der Waals surface area contributed by atoms with Gasteiger partial charge in [0.25, 0.3) is 5.91 Å². The molecule has 0 aromatic heterocycles. The Labute approximate surface area is 139 Å². The summed E-state index contributed by atoms with van der Waals surface area (Å²) in [6, 6.07) is 3.11. The molecule has 9 heteroatoms. The molecule has 1 aromatic carbocycles. The lowest BCUT2D eigenvalue weighted by Gasteiger charge is -2.17. The van der Waals surface area contributed by atoms with Crippen LogP contribution in [0.15, 0.2) is 29.2 Å². The highest BCUT2D eigenvalue weighted by Gasteiger charge is 2.29. The van der Waals surface area contributed by atoms with E-state index in [-0.39, 0.29) is 10.9 Å². The third-order valence-corrected chi connectivity index (χ3v) is 4.95. The van der Waals surface area contributed by atoms with E-state index >= 15 is 0 Å². The molecular formula is C15H19FN2O5S. The van der Waals surface area contributed by atoms with E-state index < -0.39 is 39.9 Å². The van der Waals surface area contributed by atoms with Crippen LogP contribution in [-0.2, 0) is 24.3 Å². The minimum absolute atomic E-state index is 0.132. The summed E-state index contributed by atoms with van der Waals surface area (Å²) in [7, 11) is -4.00. The normalized spacial score (nSPS) is 17.0. The summed E-state index contributed by atoms with van der Waals surface area (Å²) in [6.45, 7) is 2.71. The monoisotopic (exact) mass is 358 g/mol. The number of hydrogen-bond donors (Lipinski definition) is 2. The summed E-state index contributed by atoms with van der Waals surface area (Å²) < 4.78 is 44.2. The van der Waals surface area contributed by atoms with Gasteiger partial charge >= 0.3 is 5.97 Å². The Morgan fingerprint density at radius 2 is 1.79 bits per heavy atom. The molecule has 0 radical (unpaired) electrons. The molecule has 0 spiro atoms. The van der Waals surface area contributed by atoms with Crippen LogP contribution >= 0.6 is 0 Å². The molecule has 2 atom stereocenters. The molecule has 0 aliphatic heterocycles. The summed E-state index contributed by atoms with van der Waals surface area (Å²) in [5.74, 6) is -1.87. The molecule has 24 heavy (non-hydrogen) atoms. The number of sulfonamides is 1. The smallest absolute Gasteiger partial charge is 0.324 e. The average Bonchev–Trinajstić information content (AvgIpc) is 3.31. The fourth-order valence-electron chi connectivity index (χ4n) is 1.84. The minimum Gasteiger partial charge on any atom is -0.451 e. The second kappa shape index (κ2) is 7.27. The van der Waals surface area contributed by atoms with E-state index in [9.17, 15) is 22.4 Å². The number of benzene rings is 1. The van der Waals surface area contributed by atoms with Crippen LogP contribution in [0.4, 0.5) is 4.39 Å². The van der Waals surface area contributed by atoms with Crippen LogP contribution in [0.5, 0.6) is 0 Å². The molecule has 2 rings (SSSR count). The topological polar surface area (TPSA) is 102 Å². The van der Waals surface area contributed by atoms with Crippen molar-refractivity contribution >= 4 is 21.9 Å². The van der Waals surface area contributed by atoms with Crippen molar-refractivity contribution < 1.29 is 27.1 Å². The summed E-state index contributed by atoms with van der Waals surface area (Å²) in [5, 5.41) is 2.69. The third kappa shape index (κ3) is 5.00.